The number of ether oxygens (including phenoxy) is 2. The van der Waals surface area contributed by atoms with Crippen molar-refractivity contribution in [2.45, 2.75) is 19.9 Å². The van der Waals surface area contributed by atoms with E-state index in [9.17, 15) is 0 Å². The van der Waals surface area contributed by atoms with Crippen molar-refractivity contribution in [2.24, 2.45) is 5.73 Å². The Morgan fingerprint density at radius 2 is 1.50 bits per heavy atom. The van der Waals surface area contributed by atoms with Gasteiger partial charge in [-0.25, -0.2) is 0 Å². The minimum atomic E-state index is -0.161. The summed E-state index contributed by atoms with van der Waals surface area (Å²) in [6.07, 6.45) is 0. The SMILES string of the molecule is CCOc1ccc(C(N)c2cccc(OCC)c2)cc1. The van der Waals surface area contributed by atoms with Crippen molar-refractivity contribution in [1.82, 2.24) is 0 Å². The molecule has 2 N–H and O–H groups in total. The Hall–Kier alpha value is -2.00. The molecule has 0 amide bonds. The largest absolute Gasteiger partial charge is 0.494 e. The Morgan fingerprint density at radius 3 is 2.15 bits per heavy atom. The summed E-state index contributed by atoms with van der Waals surface area (Å²) in [6.45, 7) is 5.27. The van der Waals surface area contributed by atoms with Crippen molar-refractivity contribution in [3.63, 3.8) is 0 Å². The first-order valence-electron chi connectivity index (χ1n) is 6.95. The Morgan fingerprint density at radius 1 is 0.850 bits per heavy atom. The van der Waals surface area contributed by atoms with Gasteiger partial charge in [0.05, 0.1) is 19.3 Å². The summed E-state index contributed by atoms with van der Waals surface area (Å²) in [5, 5.41) is 0. The minimum Gasteiger partial charge on any atom is -0.494 e. The van der Waals surface area contributed by atoms with Crippen LogP contribution < -0.4 is 15.2 Å². The monoisotopic (exact) mass is 271 g/mol. The van der Waals surface area contributed by atoms with Crippen molar-refractivity contribution in [1.29, 1.82) is 0 Å². The van der Waals surface area contributed by atoms with Gasteiger partial charge in [0.15, 0.2) is 0 Å². The third-order valence-corrected chi connectivity index (χ3v) is 3.08. The molecule has 0 spiro atoms. The molecule has 0 saturated carbocycles. The van der Waals surface area contributed by atoms with Gasteiger partial charge in [0.25, 0.3) is 0 Å². The summed E-state index contributed by atoms with van der Waals surface area (Å²) < 4.78 is 10.9. The maximum absolute atomic E-state index is 6.31. The molecule has 2 aromatic carbocycles. The topological polar surface area (TPSA) is 44.5 Å². The predicted octanol–water partition coefficient (Wildman–Crippen LogP) is 3.53. The molecule has 20 heavy (non-hydrogen) atoms. The molecule has 0 aliphatic rings. The molecule has 3 heteroatoms. The van der Waals surface area contributed by atoms with Crippen molar-refractivity contribution < 1.29 is 9.47 Å². The zero-order chi connectivity index (χ0) is 14.4. The third kappa shape index (κ3) is 3.52. The van der Waals surface area contributed by atoms with Gasteiger partial charge in [0.2, 0.25) is 0 Å². The van der Waals surface area contributed by atoms with Gasteiger partial charge in [-0.3, -0.25) is 0 Å². The molecule has 0 saturated heterocycles. The van der Waals surface area contributed by atoms with E-state index in [4.69, 9.17) is 15.2 Å². The lowest BCUT2D eigenvalue weighted by Crippen LogP contribution is -2.11. The number of hydrogen-bond donors (Lipinski definition) is 1. The Balaban J connectivity index is 2.17. The fourth-order valence-electron chi connectivity index (χ4n) is 2.09. The highest BCUT2D eigenvalue weighted by molar-refractivity contribution is 5.38. The standard InChI is InChI=1S/C17H21NO2/c1-3-19-15-10-8-13(9-11-15)17(18)14-6-5-7-16(12-14)20-4-2/h5-12,17H,3-4,18H2,1-2H3. The average molecular weight is 271 g/mol. The van der Waals surface area contributed by atoms with Crippen LogP contribution in [0.15, 0.2) is 48.5 Å². The Kier molecular flexibility index (Phi) is 5.02. The molecule has 0 fully saturated rings. The van der Waals surface area contributed by atoms with E-state index in [-0.39, 0.29) is 6.04 Å². The van der Waals surface area contributed by atoms with Crippen molar-refractivity contribution in [2.75, 3.05) is 13.2 Å². The van der Waals surface area contributed by atoms with Crippen LogP contribution in [-0.4, -0.2) is 13.2 Å². The van der Waals surface area contributed by atoms with Crippen LogP contribution in [0.1, 0.15) is 31.0 Å². The fraction of sp³-hybridized carbons (Fsp3) is 0.294. The highest BCUT2D eigenvalue weighted by atomic mass is 16.5. The van der Waals surface area contributed by atoms with Gasteiger partial charge in [-0.1, -0.05) is 24.3 Å². The van der Waals surface area contributed by atoms with Gasteiger partial charge in [-0.2, -0.15) is 0 Å². The normalized spacial score (nSPS) is 11.9. The molecule has 1 atom stereocenters. The van der Waals surface area contributed by atoms with Crippen molar-refractivity contribution in [3.8, 4) is 11.5 Å². The third-order valence-electron chi connectivity index (χ3n) is 3.08. The maximum Gasteiger partial charge on any atom is 0.119 e. The van der Waals surface area contributed by atoms with Gasteiger partial charge >= 0.3 is 0 Å². The summed E-state index contributed by atoms with van der Waals surface area (Å²) in [7, 11) is 0. The molecule has 0 aliphatic carbocycles. The predicted molar refractivity (Wildman–Crippen MR) is 81.3 cm³/mol. The number of hydrogen-bond acceptors (Lipinski definition) is 3. The smallest absolute Gasteiger partial charge is 0.119 e. The molecule has 0 radical (unpaired) electrons. The number of rotatable bonds is 6. The molecule has 0 aromatic heterocycles. The van der Waals surface area contributed by atoms with Crippen LogP contribution in [0, 0.1) is 0 Å². The lowest BCUT2D eigenvalue weighted by molar-refractivity contribution is 0.339. The molecule has 1 unspecified atom stereocenters. The highest BCUT2D eigenvalue weighted by Crippen LogP contribution is 2.24. The first-order valence-corrected chi connectivity index (χ1v) is 6.95. The van der Waals surface area contributed by atoms with Gasteiger partial charge in [-0.15, -0.1) is 0 Å². The summed E-state index contributed by atoms with van der Waals surface area (Å²) >= 11 is 0. The number of benzene rings is 2. The Bertz CT molecular complexity index is 537. The van der Waals surface area contributed by atoms with Crippen LogP contribution in [0.5, 0.6) is 11.5 Å². The van der Waals surface area contributed by atoms with E-state index in [1.165, 1.54) is 0 Å². The summed E-state index contributed by atoms with van der Waals surface area (Å²) in [5.74, 6) is 1.72. The average Bonchev–Trinajstić information content (AvgIpc) is 2.48. The van der Waals surface area contributed by atoms with Crippen LogP contribution in [0.4, 0.5) is 0 Å². The van der Waals surface area contributed by atoms with Crippen LogP contribution in [0.3, 0.4) is 0 Å². The molecule has 0 aliphatic heterocycles. The zero-order valence-corrected chi connectivity index (χ0v) is 12.0. The quantitative estimate of drug-likeness (QED) is 0.874. The lowest BCUT2D eigenvalue weighted by Gasteiger charge is -2.14. The van der Waals surface area contributed by atoms with Crippen LogP contribution in [-0.2, 0) is 0 Å². The van der Waals surface area contributed by atoms with Gasteiger partial charge in [0.1, 0.15) is 11.5 Å². The molecule has 0 heterocycles. The van der Waals surface area contributed by atoms with E-state index in [2.05, 4.69) is 0 Å². The maximum atomic E-state index is 6.31. The van der Waals surface area contributed by atoms with Crippen LogP contribution >= 0.6 is 0 Å². The second-order valence-corrected chi connectivity index (χ2v) is 4.49. The van der Waals surface area contributed by atoms with E-state index in [1.807, 2.05) is 62.4 Å². The second kappa shape index (κ2) is 6.96. The fourth-order valence-corrected chi connectivity index (χ4v) is 2.09. The van der Waals surface area contributed by atoms with E-state index in [0.717, 1.165) is 22.6 Å². The first kappa shape index (κ1) is 14.4. The second-order valence-electron chi connectivity index (χ2n) is 4.49. The van der Waals surface area contributed by atoms with Gasteiger partial charge < -0.3 is 15.2 Å². The highest BCUT2D eigenvalue weighted by Gasteiger charge is 2.09. The molecule has 2 rings (SSSR count). The molecular weight excluding hydrogens is 250 g/mol. The van der Waals surface area contributed by atoms with Crippen molar-refractivity contribution in [3.05, 3.63) is 59.7 Å². The van der Waals surface area contributed by atoms with Crippen LogP contribution in [0.2, 0.25) is 0 Å². The summed E-state index contributed by atoms with van der Waals surface area (Å²) in [4.78, 5) is 0. The van der Waals surface area contributed by atoms with Crippen LogP contribution in [0.25, 0.3) is 0 Å². The first-order chi connectivity index (χ1) is 9.74. The minimum absolute atomic E-state index is 0.161. The summed E-state index contributed by atoms with van der Waals surface area (Å²) in [5.41, 5.74) is 8.41. The van der Waals surface area contributed by atoms with Gasteiger partial charge in [0, 0.05) is 0 Å². The number of nitrogens with two attached hydrogens (primary N) is 1. The molecule has 0 bridgehead atoms. The molecule has 106 valence electrons. The lowest BCUT2D eigenvalue weighted by atomic mass is 9.99. The van der Waals surface area contributed by atoms with E-state index >= 15 is 0 Å². The van der Waals surface area contributed by atoms with E-state index in [1.54, 1.807) is 0 Å². The molecular formula is C17H21NO2. The van der Waals surface area contributed by atoms with E-state index < -0.39 is 0 Å². The van der Waals surface area contributed by atoms with E-state index in [0.29, 0.717) is 13.2 Å². The summed E-state index contributed by atoms with van der Waals surface area (Å²) in [6, 6.07) is 15.7. The van der Waals surface area contributed by atoms with Crippen molar-refractivity contribution >= 4 is 0 Å². The molecule has 3 nitrogen and oxygen atoms in total. The Labute approximate surface area is 120 Å². The van der Waals surface area contributed by atoms with Gasteiger partial charge in [-0.05, 0) is 49.2 Å². The molecule has 2 aromatic rings. The zero-order valence-electron chi connectivity index (χ0n) is 12.0.